The maximum absolute atomic E-state index is 8.77. The van der Waals surface area contributed by atoms with Gasteiger partial charge in [-0.25, -0.2) is 0 Å². The quantitative estimate of drug-likeness (QED) is 0.827. The Bertz CT molecular complexity index is 355. The van der Waals surface area contributed by atoms with Crippen molar-refractivity contribution in [3.05, 3.63) is 28.8 Å². The molecule has 1 aromatic rings. The standard InChI is InChI=1S/C11H13ClN2/c1-3-9(7-13)14-10-5-4-8(2)11(12)6-10/h4-6,9,14H,3H2,1-2H3. The summed E-state index contributed by atoms with van der Waals surface area (Å²) in [7, 11) is 0. The first kappa shape index (κ1) is 10.9. The fourth-order valence-electron chi connectivity index (χ4n) is 1.11. The van der Waals surface area contributed by atoms with Gasteiger partial charge in [0.05, 0.1) is 6.07 Å². The molecule has 0 spiro atoms. The zero-order valence-electron chi connectivity index (χ0n) is 8.34. The van der Waals surface area contributed by atoms with Gasteiger partial charge in [-0.3, -0.25) is 0 Å². The topological polar surface area (TPSA) is 35.8 Å². The number of hydrogen-bond donors (Lipinski definition) is 1. The summed E-state index contributed by atoms with van der Waals surface area (Å²) in [6.07, 6.45) is 0.780. The van der Waals surface area contributed by atoms with Crippen LogP contribution in [0.15, 0.2) is 18.2 Å². The van der Waals surface area contributed by atoms with Gasteiger partial charge in [0.2, 0.25) is 0 Å². The number of halogens is 1. The molecule has 0 saturated heterocycles. The first-order valence-electron chi connectivity index (χ1n) is 4.59. The summed E-state index contributed by atoms with van der Waals surface area (Å²) in [5.74, 6) is 0. The maximum Gasteiger partial charge on any atom is 0.114 e. The molecule has 2 nitrogen and oxygen atoms in total. The van der Waals surface area contributed by atoms with Crippen LogP contribution in [0.3, 0.4) is 0 Å². The second-order valence-corrected chi connectivity index (χ2v) is 3.61. The molecule has 3 heteroatoms. The largest absolute Gasteiger partial charge is 0.370 e. The van der Waals surface area contributed by atoms with Gasteiger partial charge >= 0.3 is 0 Å². The third-order valence-corrected chi connectivity index (χ3v) is 2.48. The van der Waals surface area contributed by atoms with Crippen molar-refractivity contribution >= 4 is 17.3 Å². The van der Waals surface area contributed by atoms with Crippen LogP contribution in [-0.2, 0) is 0 Å². The Morgan fingerprint density at radius 1 is 1.57 bits per heavy atom. The van der Waals surface area contributed by atoms with Crippen LogP contribution < -0.4 is 5.32 Å². The van der Waals surface area contributed by atoms with Gasteiger partial charge in [0.15, 0.2) is 0 Å². The van der Waals surface area contributed by atoms with Gasteiger partial charge in [0, 0.05) is 10.7 Å². The number of anilines is 1. The van der Waals surface area contributed by atoms with Crippen LogP contribution in [0.5, 0.6) is 0 Å². The molecule has 1 aromatic carbocycles. The molecule has 1 unspecified atom stereocenters. The highest BCUT2D eigenvalue weighted by molar-refractivity contribution is 6.31. The van der Waals surface area contributed by atoms with Crippen molar-refractivity contribution in [2.24, 2.45) is 0 Å². The molecule has 1 rings (SSSR count). The number of nitrogens with zero attached hydrogens (tertiary/aromatic N) is 1. The minimum absolute atomic E-state index is 0.145. The summed E-state index contributed by atoms with van der Waals surface area (Å²) in [5, 5.41) is 12.6. The molecule has 0 radical (unpaired) electrons. The molecule has 0 amide bonds. The van der Waals surface area contributed by atoms with Gasteiger partial charge < -0.3 is 5.32 Å². The number of nitrogens with one attached hydrogen (secondary N) is 1. The molecule has 0 bridgehead atoms. The Kier molecular flexibility index (Phi) is 3.79. The molecule has 0 fully saturated rings. The lowest BCUT2D eigenvalue weighted by atomic mass is 10.2. The Labute approximate surface area is 89.5 Å². The fraction of sp³-hybridized carbons (Fsp3) is 0.364. The first-order chi connectivity index (χ1) is 6.67. The Morgan fingerprint density at radius 2 is 2.29 bits per heavy atom. The van der Waals surface area contributed by atoms with Crippen molar-refractivity contribution in [1.82, 2.24) is 0 Å². The lowest BCUT2D eigenvalue weighted by molar-refractivity contribution is 0.845. The Morgan fingerprint density at radius 3 is 2.79 bits per heavy atom. The highest BCUT2D eigenvalue weighted by Crippen LogP contribution is 2.20. The van der Waals surface area contributed by atoms with E-state index in [1.807, 2.05) is 32.0 Å². The van der Waals surface area contributed by atoms with Crippen LogP contribution in [0.1, 0.15) is 18.9 Å². The highest BCUT2D eigenvalue weighted by atomic mass is 35.5. The van der Waals surface area contributed by atoms with E-state index in [9.17, 15) is 0 Å². The van der Waals surface area contributed by atoms with Crippen molar-refractivity contribution in [3.8, 4) is 6.07 Å². The molecule has 0 aromatic heterocycles. The van der Waals surface area contributed by atoms with Crippen molar-refractivity contribution in [3.63, 3.8) is 0 Å². The average Bonchev–Trinajstić information content (AvgIpc) is 2.19. The summed E-state index contributed by atoms with van der Waals surface area (Å²) < 4.78 is 0. The fourth-order valence-corrected chi connectivity index (χ4v) is 1.29. The third kappa shape index (κ3) is 2.65. The summed E-state index contributed by atoms with van der Waals surface area (Å²) in [6.45, 7) is 3.92. The van der Waals surface area contributed by atoms with Crippen LogP contribution in [-0.4, -0.2) is 6.04 Å². The Balaban J connectivity index is 2.78. The van der Waals surface area contributed by atoms with E-state index in [0.717, 1.165) is 22.7 Å². The number of aryl methyl sites for hydroxylation is 1. The van der Waals surface area contributed by atoms with Crippen molar-refractivity contribution in [2.45, 2.75) is 26.3 Å². The summed E-state index contributed by atoms with van der Waals surface area (Å²) in [6, 6.07) is 7.75. The average molecular weight is 209 g/mol. The minimum atomic E-state index is -0.145. The van der Waals surface area contributed by atoms with Crippen LogP contribution in [0.4, 0.5) is 5.69 Å². The molecule has 74 valence electrons. The van der Waals surface area contributed by atoms with Gasteiger partial charge in [0.1, 0.15) is 6.04 Å². The van der Waals surface area contributed by atoms with E-state index in [2.05, 4.69) is 11.4 Å². The number of benzene rings is 1. The smallest absolute Gasteiger partial charge is 0.114 e. The first-order valence-corrected chi connectivity index (χ1v) is 4.97. The van der Waals surface area contributed by atoms with E-state index in [4.69, 9.17) is 16.9 Å². The molecule has 14 heavy (non-hydrogen) atoms. The van der Waals surface area contributed by atoms with Crippen molar-refractivity contribution in [2.75, 3.05) is 5.32 Å². The summed E-state index contributed by atoms with van der Waals surface area (Å²) >= 11 is 5.96. The summed E-state index contributed by atoms with van der Waals surface area (Å²) in [4.78, 5) is 0. The molecule has 0 aliphatic rings. The second kappa shape index (κ2) is 4.88. The van der Waals surface area contributed by atoms with Crippen LogP contribution in [0.2, 0.25) is 5.02 Å². The number of hydrogen-bond acceptors (Lipinski definition) is 2. The van der Waals surface area contributed by atoms with Gasteiger partial charge in [-0.2, -0.15) is 5.26 Å². The van der Waals surface area contributed by atoms with Crippen LogP contribution in [0, 0.1) is 18.3 Å². The molecular formula is C11H13ClN2. The van der Waals surface area contributed by atoms with Gasteiger partial charge in [-0.1, -0.05) is 24.6 Å². The molecular weight excluding hydrogens is 196 g/mol. The second-order valence-electron chi connectivity index (χ2n) is 3.20. The van der Waals surface area contributed by atoms with Crippen molar-refractivity contribution in [1.29, 1.82) is 5.26 Å². The predicted octanol–water partition coefficient (Wildman–Crippen LogP) is 3.36. The van der Waals surface area contributed by atoms with E-state index in [1.54, 1.807) is 0 Å². The maximum atomic E-state index is 8.77. The monoisotopic (exact) mass is 208 g/mol. The predicted molar refractivity (Wildman–Crippen MR) is 59.5 cm³/mol. The van der Waals surface area contributed by atoms with E-state index < -0.39 is 0 Å². The molecule has 0 aliphatic carbocycles. The molecule has 0 saturated carbocycles. The van der Waals surface area contributed by atoms with E-state index >= 15 is 0 Å². The molecule has 1 atom stereocenters. The Hall–Kier alpha value is -1.20. The highest BCUT2D eigenvalue weighted by Gasteiger charge is 2.04. The number of rotatable bonds is 3. The van der Waals surface area contributed by atoms with Gasteiger partial charge in [-0.05, 0) is 31.0 Å². The molecule has 1 N–H and O–H groups in total. The molecule has 0 heterocycles. The van der Waals surface area contributed by atoms with Gasteiger partial charge in [-0.15, -0.1) is 0 Å². The molecule has 0 aliphatic heterocycles. The zero-order chi connectivity index (χ0) is 10.6. The van der Waals surface area contributed by atoms with Crippen LogP contribution in [0.25, 0.3) is 0 Å². The third-order valence-electron chi connectivity index (χ3n) is 2.08. The van der Waals surface area contributed by atoms with E-state index in [0.29, 0.717) is 0 Å². The van der Waals surface area contributed by atoms with Crippen LogP contribution >= 0.6 is 11.6 Å². The van der Waals surface area contributed by atoms with Gasteiger partial charge in [0.25, 0.3) is 0 Å². The van der Waals surface area contributed by atoms with E-state index in [1.165, 1.54) is 0 Å². The minimum Gasteiger partial charge on any atom is -0.370 e. The van der Waals surface area contributed by atoms with Crippen molar-refractivity contribution < 1.29 is 0 Å². The summed E-state index contributed by atoms with van der Waals surface area (Å²) in [5.41, 5.74) is 1.94. The zero-order valence-corrected chi connectivity index (χ0v) is 9.10. The van der Waals surface area contributed by atoms with E-state index in [-0.39, 0.29) is 6.04 Å². The lowest BCUT2D eigenvalue weighted by Crippen LogP contribution is -2.15. The lowest BCUT2D eigenvalue weighted by Gasteiger charge is -2.11. The normalized spacial score (nSPS) is 11.9. The SMILES string of the molecule is CCC(C#N)Nc1ccc(C)c(Cl)c1. The number of nitriles is 1.